The Balaban J connectivity index is 1.50. The second-order valence-corrected chi connectivity index (χ2v) is 8.98. The zero-order valence-corrected chi connectivity index (χ0v) is 17.0. The standard InChI is InChI=1S/C19H23N3O3S2/c1-2-6-21-17(23)15-10-13-14(27-15)3-9-25-19(13)4-7-22(8-5-19)18(24)16-11-20-12-26-16/h10-12H,2-9H2,1H3,(H,21,23). The Morgan fingerprint density at radius 3 is 2.85 bits per heavy atom. The Labute approximate surface area is 166 Å². The summed E-state index contributed by atoms with van der Waals surface area (Å²) in [5.74, 6) is 0.0533. The predicted octanol–water partition coefficient (Wildman–Crippen LogP) is 3.05. The van der Waals surface area contributed by atoms with Gasteiger partial charge in [0.15, 0.2) is 0 Å². The number of rotatable bonds is 4. The van der Waals surface area contributed by atoms with Gasteiger partial charge in [0.25, 0.3) is 11.8 Å². The summed E-state index contributed by atoms with van der Waals surface area (Å²) in [6.07, 6.45) is 4.93. The normalized spacial score (nSPS) is 18.3. The lowest BCUT2D eigenvalue weighted by atomic mass is 9.82. The van der Waals surface area contributed by atoms with Gasteiger partial charge in [-0.3, -0.25) is 14.6 Å². The van der Waals surface area contributed by atoms with Gasteiger partial charge in [-0.1, -0.05) is 6.92 Å². The summed E-state index contributed by atoms with van der Waals surface area (Å²) < 4.78 is 6.25. The highest BCUT2D eigenvalue weighted by atomic mass is 32.1. The molecule has 0 atom stereocenters. The second-order valence-electron chi connectivity index (χ2n) is 6.95. The summed E-state index contributed by atoms with van der Waals surface area (Å²) in [5.41, 5.74) is 2.48. The van der Waals surface area contributed by atoms with Gasteiger partial charge in [0.2, 0.25) is 0 Å². The van der Waals surface area contributed by atoms with Crippen LogP contribution in [0.1, 0.15) is 56.0 Å². The second kappa shape index (κ2) is 7.69. The molecule has 0 saturated carbocycles. The molecule has 4 heterocycles. The molecule has 0 aromatic carbocycles. The van der Waals surface area contributed by atoms with Gasteiger partial charge in [0, 0.05) is 30.9 Å². The lowest BCUT2D eigenvalue weighted by molar-refractivity contribution is -0.0926. The number of nitrogens with zero attached hydrogens (tertiary/aromatic N) is 2. The van der Waals surface area contributed by atoms with E-state index in [1.54, 1.807) is 23.0 Å². The Kier molecular flexibility index (Phi) is 5.29. The van der Waals surface area contributed by atoms with Crippen LogP contribution >= 0.6 is 22.7 Å². The largest absolute Gasteiger partial charge is 0.370 e. The number of thiophene rings is 1. The van der Waals surface area contributed by atoms with Crippen LogP contribution < -0.4 is 5.32 Å². The molecule has 1 saturated heterocycles. The topological polar surface area (TPSA) is 71.5 Å². The lowest BCUT2D eigenvalue weighted by Gasteiger charge is -2.43. The molecule has 1 N–H and O–H groups in total. The van der Waals surface area contributed by atoms with Gasteiger partial charge in [-0.25, -0.2) is 0 Å². The minimum atomic E-state index is -0.363. The van der Waals surface area contributed by atoms with E-state index < -0.39 is 0 Å². The van der Waals surface area contributed by atoms with Crippen molar-refractivity contribution < 1.29 is 14.3 Å². The third-order valence-electron chi connectivity index (χ3n) is 5.27. The van der Waals surface area contributed by atoms with E-state index in [9.17, 15) is 9.59 Å². The molecule has 2 aliphatic rings. The Hall–Kier alpha value is -1.77. The first-order valence-corrected chi connectivity index (χ1v) is 11.1. The SMILES string of the molecule is CCCNC(=O)c1cc2c(s1)CCOC21CCN(C(=O)c2cncs2)CC1. The number of hydrogen-bond donors (Lipinski definition) is 1. The monoisotopic (exact) mass is 405 g/mol. The maximum atomic E-state index is 12.6. The van der Waals surface area contributed by atoms with E-state index in [2.05, 4.69) is 10.3 Å². The smallest absolute Gasteiger partial charge is 0.265 e. The van der Waals surface area contributed by atoms with E-state index in [0.29, 0.717) is 31.1 Å². The first kappa shape index (κ1) is 18.6. The molecule has 2 aromatic rings. The summed E-state index contributed by atoms with van der Waals surface area (Å²) in [5, 5.41) is 2.96. The molecule has 1 spiro atoms. The number of carbonyl (C=O) groups excluding carboxylic acids is 2. The number of thiazole rings is 1. The number of nitrogens with one attached hydrogen (secondary N) is 1. The van der Waals surface area contributed by atoms with Gasteiger partial charge < -0.3 is 15.0 Å². The lowest BCUT2D eigenvalue weighted by Crippen LogP contribution is -2.48. The van der Waals surface area contributed by atoms with Gasteiger partial charge in [0.1, 0.15) is 4.88 Å². The molecule has 2 aliphatic heterocycles. The van der Waals surface area contributed by atoms with Crippen molar-refractivity contribution in [2.45, 2.75) is 38.2 Å². The van der Waals surface area contributed by atoms with Crippen LogP contribution in [0.3, 0.4) is 0 Å². The van der Waals surface area contributed by atoms with E-state index in [-0.39, 0.29) is 17.4 Å². The number of piperidine rings is 1. The predicted molar refractivity (Wildman–Crippen MR) is 106 cm³/mol. The maximum Gasteiger partial charge on any atom is 0.265 e. The number of hydrogen-bond acceptors (Lipinski definition) is 6. The molecule has 0 aliphatic carbocycles. The summed E-state index contributed by atoms with van der Waals surface area (Å²) in [6.45, 7) is 4.72. The molecule has 144 valence electrons. The molecule has 27 heavy (non-hydrogen) atoms. The molecule has 6 nitrogen and oxygen atoms in total. The summed E-state index contributed by atoms with van der Waals surface area (Å²) in [7, 11) is 0. The highest BCUT2D eigenvalue weighted by Gasteiger charge is 2.43. The number of likely N-dealkylation sites (tertiary alicyclic amines) is 1. The van der Waals surface area contributed by atoms with Crippen molar-refractivity contribution in [3.8, 4) is 0 Å². The van der Waals surface area contributed by atoms with Crippen LogP contribution in [-0.2, 0) is 16.8 Å². The number of fused-ring (bicyclic) bond motifs is 2. The molecule has 4 rings (SSSR count). The maximum absolute atomic E-state index is 12.6. The van der Waals surface area contributed by atoms with E-state index in [4.69, 9.17) is 4.74 Å². The first-order chi connectivity index (χ1) is 13.1. The zero-order chi connectivity index (χ0) is 18.9. The van der Waals surface area contributed by atoms with Crippen molar-refractivity contribution in [2.24, 2.45) is 0 Å². The van der Waals surface area contributed by atoms with E-state index >= 15 is 0 Å². The van der Waals surface area contributed by atoms with Crippen molar-refractivity contribution in [1.29, 1.82) is 0 Å². The van der Waals surface area contributed by atoms with Crippen LogP contribution in [-0.4, -0.2) is 47.9 Å². The van der Waals surface area contributed by atoms with Gasteiger partial charge in [0.05, 0.1) is 28.8 Å². The molecule has 8 heteroatoms. The van der Waals surface area contributed by atoms with Crippen LogP contribution in [0.5, 0.6) is 0 Å². The molecule has 0 bridgehead atoms. The van der Waals surface area contributed by atoms with Crippen LogP contribution in [0.15, 0.2) is 17.8 Å². The van der Waals surface area contributed by atoms with E-state index in [0.717, 1.165) is 36.1 Å². The van der Waals surface area contributed by atoms with Crippen LogP contribution in [0.4, 0.5) is 0 Å². The summed E-state index contributed by atoms with van der Waals surface area (Å²) in [6, 6.07) is 2.02. The van der Waals surface area contributed by atoms with Crippen molar-refractivity contribution >= 4 is 34.5 Å². The van der Waals surface area contributed by atoms with E-state index in [1.165, 1.54) is 16.2 Å². The van der Waals surface area contributed by atoms with Gasteiger partial charge >= 0.3 is 0 Å². The van der Waals surface area contributed by atoms with Crippen LogP contribution in [0.25, 0.3) is 0 Å². The fraction of sp³-hybridized carbons (Fsp3) is 0.526. The fourth-order valence-corrected chi connectivity index (χ4v) is 5.55. The number of carbonyl (C=O) groups is 2. The summed E-state index contributed by atoms with van der Waals surface area (Å²) in [4.78, 5) is 33.5. The number of amides is 2. The molecule has 1 fully saturated rings. The van der Waals surface area contributed by atoms with E-state index in [1.807, 2.05) is 17.9 Å². The molecular formula is C19H23N3O3S2. The minimum absolute atomic E-state index is 0.00390. The summed E-state index contributed by atoms with van der Waals surface area (Å²) >= 11 is 2.96. The Morgan fingerprint density at radius 2 is 2.15 bits per heavy atom. The van der Waals surface area contributed by atoms with Gasteiger partial charge in [-0.2, -0.15) is 0 Å². The van der Waals surface area contributed by atoms with Crippen molar-refractivity contribution in [3.63, 3.8) is 0 Å². The third-order valence-corrected chi connectivity index (χ3v) is 7.22. The third kappa shape index (κ3) is 3.53. The average molecular weight is 406 g/mol. The molecule has 0 unspecified atom stereocenters. The molecule has 2 amide bonds. The van der Waals surface area contributed by atoms with Crippen LogP contribution in [0, 0.1) is 0 Å². The van der Waals surface area contributed by atoms with Gasteiger partial charge in [-0.15, -0.1) is 22.7 Å². The molecular weight excluding hydrogens is 382 g/mol. The van der Waals surface area contributed by atoms with Crippen molar-refractivity contribution in [2.75, 3.05) is 26.2 Å². The Morgan fingerprint density at radius 1 is 1.33 bits per heavy atom. The minimum Gasteiger partial charge on any atom is -0.370 e. The van der Waals surface area contributed by atoms with Gasteiger partial charge in [-0.05, 0) is 30.9 Å². The van der Waals surface area contributed by atoms with Crippen LogP contribution in [0.2, 0.25) is 0 Å². The van der Waals surface area contributed by atoms with Crippen molar-refractivity contribution in [1.82, 2.24) is 15.2 Å². The van der Waals surface area contributed by atoms with Crippen molar-refractivity contribution in [3.05, 3.63) is 38.0 Å². The number of aromatic nitrogens is 1. The highest BCUT2D eigenvalue weighted by molar-refractivity contribution is 7.14. The first-order valence-electron chi connectivity index (χ1n) is 9.36. The molecule has 2 aromatic heterocycles. The molecule has 0 radical (unpaired) electrons. The number of ether oxygens (including phenoxy) is 1. The average Bonchev–Trinajstić information content (AvgIpc) is 3.37. The zero-order valence-electron chi connectivity index (χ0n) is 15.3. The quantitative estimate of drug-likeness (QED) is 0.849. The fourth-order valence-electron chi connectivity index (χ4n) is 3.82. The Bertz CT molecular complexity index is 823. The highest BCUT2D eigenvalue weighted by Crippen LogP contribution is 2.44.